The minimum absolute atomic E-state index is 0.00810. The standard InChI is InChI=1S/C70H75BN2O/c1-40-31-58-61-59(32-40)73-56-38-53-51(67(9,10)27-28-68(53,11)12)36-46(56)42-19-22-45-41(33-42)17-16-18-48(45)70(15)30-29-69(13,14)52-37-55(57(73)39-54(52)70)71(61)63-62(47-34-43(64(2,3)4)20-24-60(47)74-63)72(58)44-21-23-49-50(35-44)66(7,8)26-25-65(49,5)6/h16-24,31-39H,25-30H2,1-15H3. The van der Waals surface area contributed by atoms with Crippen molar-refractivity contribution in [3.8, 4) is 11.1 Å². The van der Waals surface area contributed by atoms with E-state index in [0.29, 0.717) is 0 Å². The van der Waals surface area contributed by atoms with Crippen molar-refractivity contribution < 1.29 is 4.42 Å². The molecule has 5 heterocycles. The number of rotatable bonds is 1. The highest BCUT2D eigenvalue weighted by molar-refractivity contribution is 7.00. The van der Waals surface area contributed by atoms with E-state index >= 15 is 0 Å². The lowest BCUT2D eigenvalue weighted by atomic mass is 9.35. The van der Waals surface area contributed by atoms with Gasteiger partial charge in [0, 0.05) is 39.1 Å². The number of hydrogen-bond donors (Lipinski definition) is 0. The topological polar surface area (TPSA) is 19.6 Å². The first-order valence-corrected chi connectivity index (χ1v) is 28.2. The van der Waals surface area contributed by atoms with Crippen LogP contribution in [0.2, 0.25) is 0 Å². The molecule has 0 saturated heterocycles. The average molecular weight is 971 g/mol. The van der Waals surface area contributed by atoms with E-state index in [9.17, 15) is 0 Å². The van der Waals surface area contributed by atoms with E-state index in [1.807, 2.05) is 0 Å². The Morgan fingerprint density at radius 3 is 1.78 bits per heavy atom. The molecule has 7 aliphatic rings. The third-order valence-corrected chi connectivity index (χ3v) is 20.5. The second-order valence-electron chi connectivity index (χ2n) is 28.7. The number of nitrogens with zero attached hydrogens (tertiary/aromatic N) is 2. The van der Waals surface area contributed by atoms with Crippen LogP contribution in [0.4, 0.5) is 34.1 Å². The zero-order valence-corrected chi connectivity index (χ0v) is 47.0. The molecular formula is C70H75BN2O. The summed E-state index contributed by atoms with van der Waals surface area (Å²) in [5, 5.41) is 3.88. The van der Waals surface area contributed by atoms with E-state index in [4.69, 9.17) is 4.42 Å². The molecule has 0 amide bonds. The van der Waals surface area contributed by atoms with Crippen molar-refractivity contribution in [1.82, 2.24) is 0 Å². The number of hydrogen-bond acceptors (Lipinski definition) is 3. The quantitative estimate of drug-likeness (QED) is 0.153. The highest BCUT2D eigenvalue weighted by Crippen LogP contribution is 2.58. The Bertz CT molecular complexity index is 3810. The van der Waals surface area contributed by atoms with Gasteiger partial charge in [-0.05, 0) is 216 Å². The van der Waals surface area contributed by atoms with Crippen LogP contribution in [-0.2, 0) is 37.9 Å². The second-order valence-corrected chi connectivity index (χ2v) is 28.7. The van der Waals surface area contributed by atoms with Crippen LogP contribution in [0.15, 0.2) is 114 Å². The first-order chi connectivity index (χ1) is 34.8. The fourth-order valence-electron chi connectivity index (χ4n) is 15.5. The molecule has 374 valence electrons. The maximum absolute atomic E-state index is 7.62. The van der Waals surface area contributed by atoms with Gasteiger partial charge in [-0.15, -0.1) is 0 Å². The molecule has 1 unspecified atom stereocenters. The molecule has 6 bridgehead atoms. The van der Waals surface area contributed by atoms with Gasteiger partial charge < -0.3 is 14.2 Å². The molecule has 4 heteroatoms. The summed E-state index contributed by atoms with van der Waals surface area (Å²) in [5.74, 6) is 0. The molecule has 3 nitrogen and oxygen atoms in total. The zero-order chi connectivity index (χ0) is 51.8. The van der Waals surface area contributed by atoms with Crippen molar-refractivity contribution in [1.29, 1.82) is 0 Å². The van der Waals surface area contributed by atoms with Crippen LogP contribution >= 0.6 is 0 Å². The lowest BCUT2D eigenvalue weighted by Crippen LogP contribution is -2.61. The molecule has 0 fully saturated rings. The van der Waals surface area contributed by atoms with Crippen molar-refractivity contribution in [3.63, 3.8) is 0 Å². The Hall–Kier alpha value is -6.00. The molecule has 3 aliphatic carbocycles. The van der Waals surface area contributed by atoms with E-state index < -0.39 is 0 Å². The SMILES string of the molecule is Cc1cc2c3c(c1)N(c1ccc4c(c1)C(C)(C)CCC4(C)C)c1c(oc4ccc(C(C)(C)C)cc14)B3c1cc3c4cc1N2c1cc2c(cc1-c1ccc5c(cccc5c1)C4(C)CCC3(C)C)C(C)(C)CCC2(C)C. The Balaban J connectivity index is 1.16. The highest BCUT2D eigenvalue weighted by atomic mass is 16.3. The van der Waals surface area contributed by atoms with Gasteiger partial charge >= 0.3 is 0 Å². The summed E-state index contributed by atoms with van der Waals surface area (Å²) in [7, 11) is 0. The van der Waals surface area contributed by atoms with Crippen LogP contribution in [0, 0.1) is 6.92 Å². The molecular weight excluding hydrogens is 896 g/mol. The van der Waals surface area contributed by atoms with Gasteiger partial charge in [-0.25, -0.2) is 0 Å². The third-order valence-electron chi connectivity index (χ3n) is 20.5. The summed E-state index contributed by atoms with van der Waals surface area (Å²) in [5.41, 5.74) is 27.5. The zero-order valence-electron chi connectivity index (χ0n) is 47.0. The van der Waals surface area contributed by atoms with Gasteiger partial charge in [-0.2, -0.15) is 0 Å². The number of benzene rings is 7. The minimum Gasteiger partial charge on any atom is -0.468 e. The summed E-state index contributed by atoms with van der Waals surface area (Å²) in [4.78, 5) is 5.41. The molecule has 4 aliphatic heterocycles. The maximum atomic E-state index is 7.62. The van der Waals surface area contributed by atoms with Crippen molar-refractivity contribution in [2.75, 3.05) is 9.80 Å². The lowest BCUT2D eigenvalue weighted by molar-refractivity contribution is 0.332. The Morgan fingerprint density at radius 1 is 0.486 bits per heavy atom. The van der Waals surface area contributed by atoms with Gasteiger partial charge in [0.15, 0.2) is 0 Å². The molecule has 1 atom stereocenters. The largest absolute Gasteiger partial charge is 0.468 e. The van der Waals surface area contributed by atoms with Gasteiger partial charge in [-0.3, -0.25) is 0 Å². The van der Waals surface area contributed by atoms with Gasteiger partial charge in [0.1, 0.15) is 5.58 Å². The molecule has 74 heavy (non-hydrogen) atoms. The second kappa shape index (κ2) is 14.5. The molecule has 1 aromatic heterocycles. The maximum Gasteiger partial charge on any atom is 0.297 e. The smallest absolute Gasteiger partial charge is 0.297 e. The van der Waals surface area contributed by atoms with E-state index in [-0.39, 0.29) is 44.6 Å². The minimum atomic E-state index is -0.208. The van der Waals surface area contributed by atoms with Crippen LogP contribution in [0.3, 0.4) is 0 Å². The first kappa shape index (κ1) is 46.5. The van der Waals surface area contributed by atoms with Crippen molar-refractivity contribution in [3.05, 3.63) is 159 Å². The fraction of sp³-hybridized carbons (Fsp3) is 0.400. The van der Waals surface area contributed by atoms with Crippen LogP contribution in [0.1, 0.15) is 186 Å². The van der Waals surface area contributed by atoms with Gasteiger partial charge in [0.2, 0.25) is 0 Å². The molecule has 0 radical (unpaired) electrons. The summed E-state index contributed by atoms with van der Waals surface area (Å²) < 4.78 is 7.62. The molecule has 0 N–H and O–H groups in total. The molecule has 7 aromatic carbocycles. The highest BCUT2D eigenvalue weighted by Gasteiger charge is 2.51. The Kier molecular flexibility index (Phi) is 9.10. The summed E-state index contributed by atoms with van der Waals surface area (Å²) in [6, 6.07) is 44.8. The number of anilines is 6. The fourth-order valence-corrected chi connectivity index (χ4v) is 15.5. The van der Waals surface area contributed by atoms with Crippen molar-refractivity contribution >= 4 is 79.2 Å². The summed E-state index contributed by atoms with van der Waals surface area (Å²) in [6.45, 7) is 36.6. The number of furan rings is 1. The Morgan fingerprint density at radius 2 is 1.09 bits per heavy atom. The normalized spacial score (nSPS) is 21.6. The Labute approximate surface area is 441 Å². The number of fused-ring (bicyclic) bond motifs is 8. The van der Waals surface area contributed by atoms with Gasteiger partial charge in [-0.1, -0.05) is 145 Å². The third kappa shape index (κ3) is 6.21. The van der Waals surface area contributed by atoms with E-state index in [2.05, 4.69) is 223 Å². The molecule has 0 saturated carbocycles. The summed E-state index contributed by atoms with van der Waals surface area (Å²) in [6.07, 6.45) is 6.84. The average Bonchev–Trinajstić information content (AvgIpc) is 3.78. The van der Waals surface area contributed by atoms with E-state index in [1.54, 1.807) is 0 Å². The van der Waals surface area contributed by atoms with Gasteiger partial charge in [0.05, 0.1) is 17.0 Å². The van der Waals surface area contributed by atoms with Crippen molar-refractivity contribution in [2.45, 2.75) is 180 Å². The lowest BCUT2D eigenvalue weighted by Gasteiger charge is -2.49. The molecule has 0 spiro atoms. The predicted octanol–water partition coefficient (Wildman–Crippen LogP) is 17.3. The van der Waals surface area contributed by atoms with Crippen LogP contribution < -0.4 is 26.4 Å². The van der Waals surface area contributed by atoms with Crippen LogP contribution in [0.5, 0.6) is 0 Å². The number of aryl methyl sites for hydroxylation is 1. The summed E-state index contributed by atoms with van der Waals surface area (Å²) >= 11 is 0. The van der Waals surface area contributed by atoms with Gasteiger partial charge in [0.25, 0.3) is 6.71 Å². The van der Waals surface area contributed by atoms with Crippen LogP contribution in [-0.4, -0.2) is 6.71 Å². The van der Waals surface area contributed by atoms with E-state index in [1.165, 1.54) is 129 Å². The molecule has 8 aromatic rings. The predicted molar refractivity (Wildman–Crippen MR) is 316 cm³/mol. The van der Waals surface area contributed by atoms with Crippen molar-refractivity contribution in [2.24, 2.45) is 0 Å². The molecule has 15 rings (SSSR count). The van der Waals surface area contributed by atoms with Crippen LogP contribution in [0.25, 0.3) is 32.9 Å². The monoisotopic (exact) mass is 971 g/mol. The van der Waals surface area contributed by atoms with E-state index in [0.717, 1.165) is 43.3 Å². The first-order valence-electron chi connectivity index (χ1n) is 28.2.